The molecule has 0 radical (unpaired) electrons. The normalized spacial score (nSPS) is 28.3. The molecule has 15 heavy (non-hydrogen) atoms. The average Bonchev–Trinajstić information content (AvgIpc) is 2.57. The minimum absolute atomic E-state index is 0.0969. The van der Waals surface area contributed by atoms with Crippen molar-refractivity contribution in [1.82, 2.24) is 4.90 Å². The first-order valence-electron chi connectivity index (χ1n) is 5.59. The van der Waals surface area contributed by atoms with Gasteiger partial charge in [0.1, 0.15) is 0 Å². The molecule has 1 heterocycles. The van der Waals surface area contributed by atoms with Crippen LogP contribution in [0.2, 0.25) is 0 Å². The van der Waals surface area contributed by atoms with E-state index in [9.17, 15) is 5.11 Å². The molecule has 0 spiro atoms. The van der Waals surface area contributed by atoms with Crippen molar-refractivity contribution in [2.75, 3.05) is 19.8 Å². The van der Waals surface area contributed by atoms with E-state index in [1.165, 1.54) is 0 Å². The number of aliphatic hydroxyl groups is 1. The highest BCUT2D eigenvalue weighted by Gasteiger charge is 2.37. The second kappa shape index (κ2) is 5.10. The van der Waals surface area contributed by atoms with E-state index in [2.05, 4.69) is 32.3 Å². The zero-order chi connectivity index (χ0) is 11.5. The minimum atomic E-state index is 0.0969. The second-order valence-corrected chi connectivity index (χ2v) is 5.14. The molecule has 1 aliphatic heterocycles. The Hall–Kier alpha value is -0.380. The number of nitrogens with zero attached hydrogens (tertiary/aromatic N) is 1. The molecule has 0 aromatic rings. The Morgan fingerprint density at radius 3 is 2.60 bits per heavy atom. The maximum Gasteiger partial charge on any atom is 0.0722 e. The second-order valence-electron chi connectivity index (χ2n) is 5.14. The molecule has 1 rings (SSSR count). The van der Waals surface area contributed by atoms with Crippen molar-refractivity contribution in [3.8, 4) is 0 Å². The molecule has 0 aliphatic carbocycles. The van der Waals surface area contributed by atoms with Crippen LogP contribution in [0.4, 0.5) is 0 Å². The van der Waals surface area contributed by atoms with Crippen LogP contribution in [0.3, 0.4) is 0 Å². The molecule has 0 unspecified atom stereocenters. The Bertz CT molecular complexity index is 210. The van der Waals surface area contributed by atoms with Crippen molar-refractivity contribution in [3.63, 3.8) is 0 Å². The van der Waals surface area contributed by atoms with Gasteiger partial charge in [-0.15, -0.1) is 6.58 Å². The van der Waals surface area contributed by atoms with Crippen molar-refractivity contribution in [2.45, 2.75) is 44.9 Å². The van der Waals surface area contributed by atoms with Crippen molar-refractivity contribution >= 4 is 0 Å². The van der Waals surface area contributed by atoms with Gasteiger partial charge in [-0.1, -0.05) is 6.08 Å². The Morgan fingerprint density at radius 2 is 2.20 bits per heavy atom. The van der Waals surface area contributed by atoms with Gasteiger partial charge in [-0.3, -0.25) is 4.90 Å². The molecule has 0 amide bonds. The summed E-state index contributed by atoms with van der Waals surface area (Å²) in [5.74, 6) is 0. The lowest BCUT2D eigenvalue weighted by molar-refractivity contribution is 0.0573. The summed E-state index contributed by atoms with van der Waals surface area (Å²) in [6.07, 6.45) is 2.93. The van der Waals surface area contributed by atoms with Crippen molar-refractivity contribution in [2.24, 2.45) is 0 Å². The molecular weight excluding hydrogens is 190 g/mol. The molecule has 0 aromatic heterocycles. The lowest BCUT2D eigenvalue weighted by Gasteiger charge is -2.36. The molecule has 3 nitrogen and oxygen atoms in total. The number of hydrogen-bond acceptors (Lipinski definition) is 3. The summed E-state index contributed by atoms with van der Waals surface area (Å²) < 4.78 is 5.64. The monoisotopic (exact) mass is 213 g/mol. The van der Waals surface area contributed by atoms with Crippen molar-refractivity contribution in [1.29, 1.82) is 0 Å². The maximum atomic E-state index is 9.33. The van der Waals surface area contributed by atoms with Gasteiger partial charge in [0.05, 0.1) is 19.3 Å². The topological polar surface area (TPSA) is 32.7 Å². The van der Waals surface area contributed by atoms with E-state index < -0.39 is 0 Å². The molecule has 1 saturated heterocycles. The standard InChI is InChI=1S/C12H23NO2/c1-5-6-15-11-7-10(9-14)13(8-11)12(2,3)4/h5,10-11,14H,1,6-9H2,2-4H3/t10-,11-/m1/s1. The van der Waals surface area contributed by atoms with E-state index in [4.69, 9.17) is 4.74 Å². The third-order valence-corrected chi connectivity index (χ3v) is 2.90. The number of rotatable bonds is 4. The van der Waals surface area contributed by atoms with Gasteiger partial charge in [0, 0.05) is 18.1 Å². The van der Waals surface area contributed by atoms with Crippen LogP contribution in [0, 0.1) is 0 Å². The average molecular weight is 213 g/mol. The quantitative estimate of drug-likeness (QED) is 0.717. The first kappa shape index (κ1) is 12.7. The van der Waals surface area contributed by atoms with Crippen LogP contribution in [-0.2, 0) is 4.74 Å². The smallest absolute Gasteiger partial charge is 0.0722 e. The maximum absolute atomic E-state index is 9.33. The van der Waals surface area contributed by atoms with E-state index >= 15 is 0 Å². The third-order valence-electron chi connectivity index (χ3n) is 2.90. The van der Waals surface area contributed by atoms with Gasteiger partial charge < -0.3 is 9.84 Å². The van der Waals surface area contributed by atoms with Crippen LogP contribution in [0.1, 0.15) is 27.2 Å². The van der Waals surface area contributed by atoms with Gasteiger partial charge in [0.15, 0.2) is 0 Å². The Labute approximate surface area is 92.7 Å². The number of hydrogen-bond donors (Lipinski definition) is 1. The summed E-state index contributed by atoms with van der Waals surface area (Å²) in [6.45, 7) is 11.9. The lowest BCUT2D eigenvalue weighted by Crippen LogP contribution is -2.46. The fraction of sp³-hybridized carbons (Fsp3) is 0.833. The van der Waals surface area contributed by atoms with E-state index in [-0.39, 0.29) is 24.3 Å². The molecule has 1 aliphatic rings. The van der Waals surface area contributed by atoms with Gasteiger partial charge in [-0.05, 0) is 27.2 Å². The zero-order valence-electron chi connectivity index (χ0n) is 10.1. The summed E-state index contributed by atoms with van der Waals surface area (Å²) in [6, 6.07) is 0.236. The first-order valence-corrected chi connectivity index (χ1v) is 5.59. The van der Waals surface area contributed by atoms with Crippen molar-refractivity contribution < 1.29 is 9.84 Å². The van der Waals surface area contributed by atoms with Crippen LogP contribution in [0.15, 0.2) is 12.7 Å². The molecule has 0 bridgehead atoms. The summed E-state index contributed by atoms with van der Waals surface area (Å²) in [7, 11) is 0. The fourth-order valence-corrected chi connectivity index (χ4v) is 2.19. The van der Waals surface area contributed by atoms with E-state index in [1.807, 2.05) is 0 Å². The van der Waals surface area contributed by atoms with E-state index in [0.717, 1.165) is 13.0 Å². The third kappa shape index (κ3) is 3.30. The van der Waals surface area contributed by atoms with Crippen molar-refractivity contribution in [3.05, 3.63) is 12.7 Å². The highest BCUT2D eigenvalue weighted by molar-refractivity contribution is 4.92. The molecule has 1 N–H and O–H groups in total. The van der Waals surface area contributed by atoms with Crippen LogP contribution in [-0.4, -0.2) is 47.4 Å². The van der Waals surface area contributed by atoms with Crippen LogP contribution < -0.4 is 0 Å². The molecule has 1 fully saturated rings. The predicted molar refractivity (Wildman–Crippen MR) is 61.9 cm³/mol. The summed E-state index contributed by atoms with van der Waals surface area (Å²) >= 11 is 0. The molecule has 3 heteroatoms. The fourth-order valence-electron chi connectivity index (χ4n) is 2.19. The van der Waals surface area contributed by atoms with Gasteiger partial charge >= 0.3 is 0 Å². The molecular formula is C12H23NO2. The molecule has 88 valence electrons. The first-order chi connectivity index (χ1) is 6.99. The van der Waals surface area contributed by atoms with Gasteiger partial charge in [-0.2, -0.15) is 0 Å². The van der Waals surface area contributed by atoms with Crippen LogP contribution in [0.25, 0.3) is 0 Å². The SMILES string of the molecule is C=CCO[C@@H]1C[C@H](CO)N(C(C)(C)C)C1. The van der Waals surface area contributed by atoms with Gasteiger partial charge in [0.2, 0.25) is 0 Å². The molecule has 2 atom stereocenters. The summed E-state index contributed by atoms with van der Waals surface area (Å²) in [4.78, 5) is 2.32. The number of likely N-dealkylation sites (tertiary alicyclic amines) is 1. The number of aliphatic hydroxyl groups excluding tert-OH is 1. The van der Waals surface area contributed by atoms with Crippen LogP contribution >= 0.6 is 0 Å². The predicted octanol–water partition coefficient (Wildman–Crippen LogP) is 1.42. The van der Waals surface area contributed by atoms with Crippen LogP contribution in [0.5, 0.6) is 0 Å². The molecule has 0 aromatic carbocycles. The highest BCUT2D eigenvalue weighted by Crippen LogP contribution is 2.27. The Balaban J connectivity index is 2.55. The zero-order valence-corrected chi connectivity index (χ0v) is 10.1. The Morgan fingerprint density at radius 1 is 1.53 bits per heavy atom. The Kier molecular flexibility index (Phi) is 4.32. The number of ether oxygens (including phenoxy) is 1. The van der Waals surface area contributed by atoms with Gasteiger partial charge in [0.25, 0.3) is 0 Å². The van der Waals surface area contributed by atoms with Gasteiger partial charge in [-0.25, -0.2) is 0 Å². The largest absolute Gasteiger partial charge is 0.395 e. The molecule has 0 saturated carbocycles. The highest BCUT2D eigenvalue weighted by atomic mass is 16.5. The lowest BCUT2D eigenvalue weighted by atomic mass is 10.1. The van der Waals surface area contributed by atoms with E-state index in [0.29, 0.717) is 6.61 Å². The summed E-state index contributed by atoms with van der Waals surface area (Å²) in [5, 5.41) is 9.33. The summed E-state index contributed by atoms with van der Waals surface area (Å²) in [5.41, 5.74) is 0.0969. The minimum Gasteiger partial charge on any atom is -0.395 e. The van der Waals surface area contributed by atoms with E-state index in [1.54, 1.807) is 6.08 Å².